The van der Waals surface area contributed by atoms with Gasteiger partial charge in [-0.1, -0.05) is 6.92 Å². The summed E-state index contributed by atoms with van der Waals surface area (Å²) in [6.45, 7) is 1.36. The molecular weight excluding hydrogens is 299 g/mol. The van der Waals surface area contributed by atoms with Crippen molar-refractivity contribution in [3.05, 3.63) is 11.6 Å². The van der Waals surface area contributed by atoms with E-state index in [0.29, 0.717) is 0 Å². The summed E-state index contributed by atoms with van der Waals surface area (Å²) >= 11 is 0.847. The Kier molecular flexibility index (Phi) is 4.93. The zero-order chi connectivity index (χ0) is 15.4. The molecule has 0 aromatic carbocycles. The van der Waals surface area contributed by atoms with E-state index in [1.165, 1.54) is 18.5 Å². The van der Waals surface area contributed by atoms with Crippen molar-refractivity contribution in [3.63, 3.8) is 0 Å². The number of nitrogens with zero attached hydrogens (tertiary/aromatic N) is 1. The molecule has 1 rings (SSSR count). The molecule has 0 aliphatic rings. The van der Waals surface area contributed by atoms with Crippen LogP contribution in [-0.4, -0.2) is 35.8 Å². The maximum atomic E-state index is 13.3. The number of esters is 1. The third kappa shape index (κ3) is 3.18. The molecule has 10 heteroatoms. The number of anilines is 1. The number of hydrogen-bond donors (Lipinski definition) is 2. The first-order chi connectivity index (χ1) is 9.26. The SMILES string of the molecule is CCC(=O)N[C@](Nc1nccs1)(C(=O)OC)C(F)(F)F. The summed E-state index contributed by atoms with van der Waals surface area (Å²) in [5.41, 5.74) is -3.37. The van der Waals surface area contributed by atoms with Crippen LogP contribution in [0.2, 0.25) is 0 Å². The molecule has 1 aromatic heterocycles. The molecule has 0 radical (unpaired) electrons. The largest absolute Gasteiger partial charge is 0.466 e. The molecule has 0 spiro atoms. The number of alkyl halides is 3. The van der Waals surface area contributed by atoms with E-state index in [1.807, 2.05) is 5.32 Å². The summed E-state index contributed by atoms with van der Waals surface area (Å²) in [5.74, 6) is -2.64. The molecule has 0 saturated carbocycles. The average Bonchev–Trinajstić information content (AvgIpc) is 2.88. The molecule has 0 bridgehead atoms. The van der Waals surface area contributed by atoms with Crippen LogP contribution in [0, 0.1) is 0 Å². The topological polar surface area (TPSA) is 80.3 Å². The molecule has 1 aromatic rings. The number of methoxy groups -OCH3 is 1. The van der Waals surface area contributed by atoms with Crippen molar-refractivity contribution in [1.29, 1.82) is 0 Å². The van der Waals surface area contributed by atoms with Crippen molar-refractivity contribution in [1.82, 2.24) is 10.3 Å². The van der Waals surface area contributed by atoms with Gasteiger partial charge in [-0.2, -0.15) is 13.2 Å². The zero-order valence-corrected chi connectivity index (χ0v) is 11.4. The number of carbonyl (C=O) groups is 2. The highest BCUT2D eigenvalue weighted by Crippen LogP contribution is 2.33. The lowest BCUT2D eigenvalue weighted by molar-refractivity contribution is -0.206. The van der Waals surface area contributed by atoms with E-state index >= 15 is 0 Å². The average molecular weight is 311 g/mol. The standard InChI is InChI=1S/C10H12F3N3O3S/c1-3-6(17)15-9(7(18)19-2,10(11,12)13)16-8-14-4-5-20-8/h4-5H,3H2,1-2H3,(H,14,16)(H,15,17)/t9-/m0/s1. The van der Waals surface area contributed by atoms with Gasteiger partial charge in [0.15, 0.2) is 5.13 Å². The number of nitrogens with one attached hydrogen (secondary N) is 2. The molecule has 2 N–H and O–H groups in total. The molecule has 1 amide bonds. The molecule has 0 aliphatic carbocycles. The molecule has 1 heterocycles. The van der Waals surface area contributed by atoms with Gasteiger partial charge >= 0.3 is 17.8 Å². The predicted octanol–water partition coefficient (Wildman–Crippen LogP) is 1.51. The third-order valence-corrected chi connectivity index (χ3v) is 2.98. The van der Waals surface area contributed by atoms with Gasteiger partial charge in [0, 0.05) is 18.0 Å². The van der Waals surface area contributed by atoms with E-state index < -0.39 is 23.7 Å². The van der Waals surface area contributed by atoms with Crippen LogP contribution in [0.1, 0.15) is 13.3 Å². The van der Waals surface area contributed by atoms with Gasteiger partial charge in [0.05, 0.1) is 7.11 Å². The fraction of sp³-hybridized carbons (Fsp3) is 0.500. The Morgan fingerprint density at radius 2 is 2.10 bits per heavy atom. The normalized spacial score (nSPS) is 14.2. The molecule has 20 heavy (non-hydrogen) atoms. The summed E-state index contributed by atoms with van der Waals surface area (Å²) in [4.78, 5) is 26.6. The van der Waals surface area contributed by atoms with Gasteiger partial charge in [0.1, 0.15) is 0 Å². The highest BCUT2D eigenvalue weighted by molar-refractivity contribution is 7.13. The maximum absolute atomic E-state index is 13.3. The molecule has 0 aliphatic heterocycles. The summed E-state index contributed by atoms with van der Waals surface area (Å²) in [7, 11) is 0.796. The highest BCUT2D eigenvalue weighted by atomic mass is 32.1. The Morgan fingerprint density at radius 1 is 1.45 bits per heavy atom. The molecular formula is C10H12F3N3O3S. The van der Waals surface area contributed by atoms with Crippen molar-refractivity contribution in [2.75, 3.05) is 12.4 Å². The van der Waals surface area contributed by atoms with E-state index in [9.17, 15) is 22.8 Å². The van der Waals surface area contributed by atoms with Crippen LogP contribution in [0.5, 0.6) is 0 Å². The van der Waals surface area contributed by atoms with Crippen LogP contribution in [-0.2, 0) is 14.3 Å². The monoisotopic (exact) mass is 311 g/mol. The quantitative estimate of drug-likeness (QED) is 0.636. The Hall–Kier alpha value is -1.84. The van der Waals surface area contributed by atoms with Crippen molar-refractivity contribution in [2.24, 2.45) is 0 Å². The second-order valence-electron chi connectivity index (χ2n) is 3.60. The van der Waals surface area contributed by atoms with Gasteiger partial charge in [-0.3, -0.25) is 4.79 Å². The maximum Gasteiger partial charge on any atom is 0.442 e. The first-order valence-electron chi connectivity index (χ1n) is 5.40. The molecule has 1 atom stereocenters. The Balaban J connectivity index is 3.25. The second-order valence-corrected chi connectivity index (χ2v) is 4.50. The summed E-state index contributed by atoms with van der Waals surface area (Å²) < 4.78 is 44.1. The minimum Gasteiger partial charge on any atom is -0.466 e. The Bertz CT molecular complexity index is 478. The van der Waals surface area contributed by atoms with Gasteiger partial charge in [-0.05, 0) is 0 Å². The minimum absolute atomic E-state index is 0.177. The first-order valence-corrected chi connectivity index (χ1v) is 6.28. The summed E-state index contributed by atoms with van der Waals surface area (Å²) in [6.07, 6.45) is -4.09. The number of ether oxygens (including phenoxy) is 1. The number of halogens is 3. The van der Waals surface area contributed by atoms with Gasteiger partial charge in [-0.15, -0.1) is 11.3 Å². The minimum atomic E-state index is -5.11. The first kappa shape index (κ1) is 16.2. The van der Waals surface area contributed by atoms with Crippen molar-refractivity contribution in [3.8, 4) is 0 Å². The van der Waals surface area contributed by atoms with Crippen molar-refractivity contribution >= 4 is 28.3 Å². The number of carbonyl (C=O) groups excluding carboxylic acids is 2. The molecule has 112 valence electrons. The lowest BCUT2D eigenvalue weighted by Crippen LogP contribution is -2.69. The van der Waals surface area contributed by atoms with E-state index in [2.05, 4.69) is 9.72 Å². The van der Waals surface area contributed by atoms with Crippen LogP contribution < -0.4 is 10.6 Å². The number of thiazole rings is 1. The number of aromatic nitrogens is 1. The molecule has 0 saturated heterocycles. The van der Waals surface area contributed by atoms with Gasteiger partial charge in [0.25, 0.3) is 0 Å². The lowest BCUT2D eigenvalue weighted by Gasteiger charge is -2.33. The van der Waals surface area contributed by atoms with E-state index in [1.54, 1.807) is 5.32 Å². The van der Waals surface area contributed by atoms with Crippen molar-refractivity contribution < 1.29 is 27.5 Å². The van der Waals surface area contributed by atoms with Crippen molar-refractivity contribution in [2.45, 2.75) is 25.2 Å². The van der Waals surface area contributed by atoms with Crippen LogP contribution in [0.4, 0.5) is 18.3 Å². The predicted molar refractivity (Wildman–Crippen MR) is 65.0 cm³/mol. The van der Waals surface area contributed by atoms with Crippen LogP contribution >= 0.6 is 11.3 Å². The van der Waals surface area contributed by atoms with Gasteiger partial charge in [0.2, 0.25) is 5.91 Å². The van der Waals surface area contributed by atoms with E-state index in [4.69, 9.17) is 0 Å². The fourth-order valence-electron chi connectivity index (χ4n) is 1.29. The van der Waals surface area contributed by atoms with Gasteiger partial charge < -0.3 is 15.4 Å². The highest BCUT2D eigenvalue weighted by Gasteiger charge is 2.63. The second kappa shape index (κ2) is 6.07. The Labute approximate surface area is 116 Å². The third-order valence-electron chi connectivity index (χ3n) is 2.29. The fourth-order valence-corrected chi connectivity index (χ4v) is 1.87. The van der Waals surface area contributed by atoms with E-state index in [-0.39, 0.29) is 11.6 Å². The van der Waals surface area contributed by atoms with E-state index in [0.717, 1.165) is 18.4 Å². The van der Waals surface area contributed by atoms with Crippen LogP contribution in [0.3, 0.4) is 0 Å². The lowest BCUT2D eigenvalue weighted by atomic mass is 10.1. The number of amides is 1. The van der Waals surface area contributed by atoms with Gasteiger partial charge in [-0.25, -0.2) is 9.78 Å². The van der Waals surface area contributed by atoms with Crippen LogP contribution in [0.15, 0.2) is 11.6 Å². The van der Waals surface area contributed by atoms with Crippen LogP contribution in [0.25, 0.3) is 0 Å². The summed E-state index contributed by atoms with van der Waals surface area (Å²) in [5, 5.41) is 4.77. The molecule has 0 unspecified atom stereocenters. The molecule has 6 nitrogen and oxygen atoms in total. The number of hydrogen-bond acceptors (Lipinski definition) is 6. The Morgan fingerprint density at radius 3 is 2.50 bits per heavy atom. The molecule has 0 fully saturated rings. The zero-order valence-electron chi connectivity index (χ0n) is 10.6. The summed E-state index contributed by atoms with van der Waals surface area (Å²) in [6, 6.07) is 0. The number of rotatable bonds is 5. The smallest absolute Gasteiger partial charge is 0.442 e.